The molecule has 4 nitrogen and oxygen atoms in total. The standard InChI is InChI=1S/C5H13NO3/c1-6(2)5(3-7)4-9-8/h5,7-8H,3-4H2,1-2H3. The van der Waals surface area contributed by atoms with E-state index >= 15 is 0 Å². The lowest BCUT2D eigenvalue weighted by Gasteiger charge is -2.19. The van der Waals surface area contributed by atoms with E-state index in [1.54, 1.807) is 19.0 Å². The molecule has 0 aromatic carbocycles. The second-order valence-corrected chi connectivity index (χ2v) is 2.10. The monoisotopic (exact) mass is 135 g/mol. The van der Waals surface area contributed by atoms with Crippen molar-refractivity contribution in [1.82, 2.24) is 4.90 Å². The van der Waals surface area contributed by atoms with Crippen LogP contribution in [0.5, 0.6) is 0 Å². The summed E-state index contributed by atoms with van der Waals surface area (Å²) in [6.45, 7) is 0.136. The first-order valence-corrected chi connectivity index (χ1v) is 2.76. The van der Waals surface area contributed by atoms with Crippen LogP contribution in [0.4, 0.5) is 0 Å². The Labute approximate surface area is 54.6 Å². The van der Waals surface area contributed by atoms with Gasteiger partial charge in [-0.05, 0) is 14.1 Å². The Hall–Kier alpha value is -0.160. The molecule has 0 fully saturated rings. The summed E-state index contributed by atoms with van der Waals surface area (Å²) < 4.78 is 0. The Morgan fingerprint density at radius 2 is 2.11 bits per heavy atom. The molecule has 0 aliphatic rings. The highest BCUT2D eigenvalue weighted by Crippen LogP contribution is 1.90. The molecule has 0 saturated heterocycles. The molecular formula is C5H13NO3. The number of hydrogen-bond donors (Lipinski definition) is 2. The summed E-state index contributed by atoms with van der Waals surface area (Å²) in [5.41, 5.74) is 0. The van der Waals surface area contributed by atoms with Gasteiger partial charge in [0.25, 0.3) is 0 Å². The third-order valence-corrected chi connectivity index (χ3v) is 1.21. The fraction of sp³-hybridized carbons (Fsp3) is 1.00. The van der Waals surface area contributed by atoms with Gasteiger partial charge in [-0.3, -0.25) is 5.26 Å². The van der Waals surface area contributed by atoms with Crippen molar-refractivity contribution in [2.24, 2.45) is 0 Å². The highest BCUT2D eigenvalue weighted by Gasteiger charge is 2.08. The fourth-order valence-electron chi connectivity index (χ4n) is 0.451. The summed E-state index contributed by atoms with van der Waals surface area (Å²) in [7, 11) is 3.61. The summed E-state index contributed by atoms with van der Waals surface area (Å²) in [4.78, 5) is 5.63. The van der Waals surface area contributed by atoms with E-state index in [1.807, 2.05) is 0 Å². The third-order valence-electron chi connectivity index (χ3n) is 1.21. The summed E-state index contributed by atoms with van der Waals surface area (Å²) in [6.07, 6.45) is 0. The van der Waals surface area contributed by atoms with Crippen LogP contribution in [0.2, 0.25) is 0 Å². The second-order valence-electron chi connectivity index (χ2n) is 2.10. The molecule has 0 aromatic heterocycles. The van der Waals surface area contributed by atoms with Crippen molar-refractivity contribution in [3.63, 3.8) is 0 Å². The van der Waals surface area contributed by atoms with Gasteiger partial charge in [0.1, 0.15) is 0 Å². The summed E-state index contributed by atoms with van der Waals surface area (Å²) in [6, 6.07) is -0.116. The maximum atomic E-state index is 8.59. The molecule has 0 heterocycles. The van der Waals surface area contributed by atoms with Crippen molar-refractivity contribution in [2.75, 3.05) is 27.3 Å². The molecule has 0 radical (unpaired) electrons. The zero-order chi connectivity index (χ0) is 7.28. The summed E-state index contributed by atoms with van der Waals surface area (Å²) >= 11 is 0. The number of hydrogen-bond acceptors (Lipinski definition) is 4. The van der Waals surface area contributed by atoms with Gasteiger partial charge >= 0.3 is 0 Å². The number of rotatable bonds is 4. The molecule has 0 saturated carbocycles. The largest absolute Gasteiger partial charge is 0.395 e. The quantitative estimate of drug-likeness (QED) is 0.399. The van der Waals surface area contributed by atoms with Gasteiger partial charge in [0.15, 0.2) is 0 Å². The third kappa shape index (κ3) is 3.42. The number of nitrogens with zero attached hydrogens (tertiary/aromatic N) is 1. The van der Waals surface area contributed by atoms with E-state index in [0.29, 0.717) is 0 Å². The smallest absolute Gasteiger partial charge is 0.0997 e. The first-order chi connectivity index (χ1) is 4.22. The minimum Gasteiger partial charge on any atom is -0.395 e. The van der Waals surface area contributed by atoms with E-state index in [0.717, 1.165) is 0 Å². The first-order valence-electron chi connectivity index (χ1n) is 2.76. The van der Waals surface area contributed by atoms with Gasteiger partial charge in [0.05, 0.1) is 19.3 Å². The first kappa shape index (κ1) is 8.84. The minimum absolute atomic E-state index is 0.00639. The van der Waals surface area contributed by atoms with E-state index in [4.69, 9.17) is 10.4 Å². The zero-order valence-corrected chi connectivity index (χ0v) is 5.74. The molecule has 0 aromatic rings. The minimum atomic E-state index is -0.116. The van der Waals surface area contributed by atoms with Crippen LogP contribution < -0.4 is 0 Å². The topological polar surface area (TPSA) is 52.9 Å². The van der Waals surface area contributed by atoms with Crippen LogP contribution in [0.1, 0.15) is 0 Å². The van der Waals surface area contributed by atoms with Gasteiger partial charge in [0, 0.05) is 0 Å². The highest BCUT2D eigenvalue weighted by molar-refractivity contribution is 4.61. The number of aliphatic hydroxyl groups is 1. The fourth-order valence-corrected chi connectivity index (χ4v) is 0.451. The molecule has 1 atom stereocenters. The Kier molecular flexibility index (Phi) is 4.61. The predicted octanol–water partition coefficient (Wildman–Crippen LogP) is -0.601. The van der Waals surface area contributed by atoms with E-state index in [2.05, 4.69) is 4.89 Å². The van der Waals surface area contributed by atoms with Gasteiger partial charge in [-0.2, -0.15) is 0 Å². The molecule has 0 aliphatic carbocycles. The van der Waals surface area contributed by atoms with Crippen molar-refractivity contribution in [1.29, 1.82) is 0 Å². The molecule has 9 heavy (non-hydrogen) atoms. The van der Waals surface area contributed by atoms with Crippen LogP contribution in [0.15, 0.2) is 0 Å². The average Bonchev–Trinajstić information content (AvgIpc) is 1.82. The lowest BCUT2D eigenvalue weighted by atomic mass is 10.3. The summed E-state index contributed by atoms with van der Waals surface area (Å²) in [5.74, 6) is 0. The lowest BCUT2D eigenvalue weighted by molar-refractivity contribution is -0.252. The maximum Gasteiger partial charge on any atom is 0.0997 e. The molecule has 0 amide bonds. The van der Waals surface area contributed by atoms with Gasteiger partial charge < -0.3 is 10.0 Å². The molecule has 4 heteroatoms. The van der Waals surface area contributed by atoms with Crippen LogP contribution in [0, 0.1) is 0 Å². The molecular weight excluding hydrogens is 122 g/mol. The maximum absolute atomic E-state index is 8.59. The van der Waals surface area contributed by atoms with E-state index in [-0.39, 0.29) is 19.3 Å². The van der Waals surface area contributed by atoms with E-state index in [1.165, 1.54) is 0 Å². The lowest BCUT2D eigenvalue weighted by Crippen LogP contribution is -2.35. The molecule has 56 valence electrons. The van der Waals surface area contributed by atoms with E-state index in [9.17, 15) is 0 Å². The number of likely N-dealkylation sites (N-methyl/N-ethyl adjacent to an activating group) is 1. The van der Waals surface area contributed by atoms with Crippen LogP contribution in [0.3, 0.4) is 0 Å². The van der Waals surface area contributed by atoms with Crippen molar-refractivity contribution in [2.45, 2.75) is 6.04 Å². The van der Waals surface area contributed by atoms with Crippen LogP contribution in [0.25, 0.3) is 0 Å². The van der Waals surface area contributed by atoms with Crippen molar-refractivity contribution in [3.05, 3.63) is 0 Å². The molecule has 0 bridgehead atoms. The van der Waals surface area contributed by atoms with Crippen LogP contribution in [-0.4, -0.2) is 48.6 Å². The van der Waals surface area contributed by atoms with Gasteiger partial charge in [-0.1, -0.05) is 0 Å². The number of aliphatic hydroxyl groups excluding tert-OH is 1. The van der Waals surface area contributed by atoms with Gasteiger partial charge in [0.2, 0.25) is 0 Å². The summed E-state index contributed by atoms with van der Waals surface area (Å²) in [5, 5.41) is 16.6. The van der Waals surface area contributed by atoms with Gasteiger partial charge in [-0.15, -0.1) is 0 Å². The average molecular weight is 135 g/mol. The highest BCUT2D eigenvalue weighted by atomic mass is 17.1. The molecule has 1 unspecified atom stereocenters. The Bertz CT molecular complexity index is 67.2. The van der Waals surface area contributed by atoms with E-state index < -0.39 is 0 Å². The van der Waals surface area contributed by atoms with Crippen molar-refractivity contribution in [3.8, 4) is 0 Å². The Morgan fingerprint density at radius 1 is 1.56 bits per heavy atom. The SMILES string of the molecule is CN(C)C(CO)COO. The Balaban J connectivity index is 3.41. The molecule has 0 spiro atoms. The van der Waals surface area contributed by atoms with Crippen LogP contribution >= 0.6 is 0 Å². The molecule has 0 rings (SSSR count). The predicted molar refractivity (Wildman–Crippen MR) is 33.1 cm³/mol. The van der Waals surface area contributed by atoms with Gasteiger partial charge in [-0.25, -0.2) is 4.89 Å². The second kappa shape index (κ2) is 4.69. The molecule has 0 aliphatic heterocycles. The van der Waals surface area contributed by atoms with Crippen molar-refractivity contribution < 1.29 is 15.3 Å². The van der Waals surface area contributed by atoms with Crippen molar-refractivity contribution >= 4 is 0 Å². The molecule has 2 N–H and O–H groups in total. The van der Waals surface area contributed by atoms with Crippen LogP contribution in [-0.2, 0) is 4.89 Å². The Morgan fingerprint density at radius 3 is 2.22 bits per heavy atom. The normalized spacial score (nSPS) is 14.3. The zero-order valence-electron chi connectivity index (χ0n) is 5.74.